The molecule has 0 saturated heterocycles. The van der Waals surface area contributed by atoms with Gasteiger partial charge in [-0.05, 0) is 77.0 Å². The fourth-order valence-corrected chi connectivity index (χ4v) is 7.96. The first-order chi connectivity index (χ1) is 33.0. The highest BCUT2D eigenvalue weighted by atomic mass is 16.6. The van der Waals surface area contributed by atoms with E-state index >= 15 is 0 Å². The smallest absolute Gasteiger partial charge is 0.306 e. The molecule has 0 aliphatic heterocycles. The predicted octanol–water partition coefficient (Wildman–Crippen LogP) is 19.0. The van der Waals surface area contributed by atoms with Crippen LogP contribution in [0.3, 0.4) is 0 Å². The van der Waals surface area contributed by atoms with Crippen LogP contribution in [0, 0.1) is 0 Å². The number of hydrogen-bond acceptors (Lipinski definition) is 6. The molecule has 0 radical (unpaired) electrons. The van der Waals surface area contributed by atoms with Crippen molar-refractivity contribution in [1.29, 1.82) is 0 Å². The normalized spacial score (nSPS) is 12.6. The molecule has 6 nitrogen and oxygen atoms in total. The van der Waals surface area contributed by atoms with E-state index in [4.69, 9.17) is 14.2 Å². The van der Waals surface area contributed by atoms with Crippen LogP contribution < -0.4 is 0 Å². The molecule has 1 unspecified atom stereocenters. The van der Waals surface area contributed by atoms with Crippen LogP contribution in [-0.4, -0.2) is 37.2 Å². The molecule has 0 bridgehead atoms. The van der Waals surface area contributed by atoms with E-state index in [-0.39, 0.29) is 37.5 Å². The van der Waals surface area contributed by atoms with E-state index in [2.05, 4.69) is 87.6 Å². The number of esters is 3. The van der Waals surface area contributed by atoms with E-state index in [1.54, 1.807) is 0 Å². The van der Waals surface area contributed by atoms with Gasteiger partial charge < -0.3 is 14.2 Å². The predicted molar refractivity (Wildman–Crippen MR) is 288 cm³/mol. The van der Waals surface area contributed by atoms with Crippen molar-refractivity contribution in [3.63, 3.8) is 0 Å². The molecule has 0 saturated carbocycles. The van der Waals surface area contributed by atoms with Crippen LogP contribution in [0.25, 0.3) is 0 Å². The summed E-state index contributed by atoms with van der Waals surface area (Å²) in [5.74, 6) is -0.971. The van der Waals surface area contributed by atoms with E-state index in [1.165, 1.54) is 141 Å². The van der Waals surface area contributed by atoms with E-state index in [0.717, 1.165) is 89.9 Å². The second-order valence-electron chi connectivity index (χ2n) is 18.8. The topological polar surface area (TPSA) is 78.9 Å². The van der Waals surface area contributed by atoms with Crippen LogP contribution in [0.2, 0.25) is 0 Å². The van der Waals surface area contributed by atoms with E-state index < -0.39 is 6.10 Å². The summed E-state index contributed by atoms with van der Waals surface area (Å²) < 4.78 is 16.8. The van der Waals surface area contributed by atoms with Crippen LogP contribution >= 0.6 is 0 Å². The first kappa shape index (κ1) is 63.8. The molecule has 0 heterocycles. The number of allylic oxidation sites excluding steroid dienone is 12. The fourth-order valence-electron chi connectivity index (χ4n) is 7.96. The van der Waals surface area contributed by atoms with Gasteiger partial charge in [0.25, 0.3) is 0 Å². The van der Waals surface area contributed by atoms with E-state index in [0.29, 0.717) is 19.3 Å². The maximum absolute atomic E-state index is 12.8. The molecule has 0 N–H and O–H groups in total. The van der Waals surface area contributed by atoms with Crippen molar-refractivity contribution >= 4 is 17.9 Å². The summed E-state index contributed by atoms with van der Waals surface area (Å²) in [6.45, 7) is 6.48. The van der Waals surface area contributed by atoms with Crippen LogP contribution in [0.4, 0.5) is 0 Å². The van der Waals surface area contributed by atoms with Crippen molar-refractivity contribution in [2.45, 2.75) is 284 Å². The van der Waals surface area contributed by atoms with Crippen LogP contribution in [0.15, 0.2) is 72.9 Å². The number of carbonyl (C=O) groups excluding carboxylic acids is 3. The Labute approximate surface area is 414 Å². The molecule has 0 amide bonds. The third-order valence-electron chi connectivity index (χ3n) is 12.2. The molecule has 67 heavy (non-hydrogen) atoms. The van der Waals surface area contributed by atoms with Gasteiger partial charge in [-0.1, -0.05) is 254 Å². The highest BCUT2D eigenvalue weighted by molar-refractivity contribution is 5.71. The molecular formula is C61H106O6. The summed E-state index contributed by atoms with van der Waals surface area (Å²) >= 11 is 0. The third-order valence-corrected chi connectivity index (χ3v) is 12.2. The minimum atomic E-state index is -0.802. The van der Waals surface area contributed by atoms with Crippen LogP contribution in [0.5, 0.6) is 0 Å². The summed E-state index contributed by atoms with van der Waals surface area (Å²) in [4.78, 5) is 38.1. The first-order valence-electron chi connectivity index (χ1n) is 28.4. The quantitative estimate of drug-likeness (QED) is 0.0262. The molecule has 0 spiro atoms. The van der Waals surface area contributed by atoms with Crippen molar-refractivity contribution in [2.75, 3.05) is 13.2 Å². The largest absolute Gasteiger partial charge is 0.462 e. The average Bonchev–Trinajstić information content (AvgIpc) is 3.33. The third kappa shape index (κ3) is 53.7. The highest BCUT2D eigenvalue weighted by Gasteiger charge is 2.19. The highest BCUT2D eigenvalue weighted by Crippen LogP contribution is 2.16. The van der Waals surface area contributed by atoms with Gasteiger partial charge in [0.2, 0.25) is 0 Å². The van der Waals surface area contributed by atoms with Crippen molar-refractivity contribution in [2.24, 2.45) is 0 Å². The Bertz CT molecular complexity index is 1260. The first-order valence-corrected chi connectivity index (χ1v) is 28.4. The Morgan fingerprint density at radius 2 is 0.612 bits per heavy atom. The minimum absolute atomic E-state index is 0.0980. The van der Waals surface area contributed by atoms with Gasteiger partial charge in [-0.15, -0.1) is 0 Å². The van der Waals surface area contributed by atoms with Crippen LogP contribution in [0.1, 0.15) is 278 Å². The van der Waals surface area contributed by atoms with Gasteiger partial charge in [-0.25, -0.2) is 0 Å². The number of hydrogen-bond donors (Lipinski definition) is 0. The number of rotatable bonds is 51. The summed E-state index contributed by atoms with van der Waals surface area (Å²) in [5, 5.41) is 0. The zero-order chi connectivity index (χ0) is 48.6. The lowest BCUT2D eigenvalue weighted by Crippen LogP contribution is -2.30. The molecule has 0 fully saturated rings. The zero-order valence-corrected chi connectivity index (χ0v) is 44.2. The lowest BCUT2D eigenvalue weighted by Gasteiger charge is -2.18. The molecule has 0 aliphatic carbocycles. The van der Waals surface area contributed by atoms with Crippen molar-refractivity contribution in [3.05, 3.63) is 72.9 Å². The second kappa shape index (κ2) is 55.4. The van der Waals surface area contributed by atoms with Gasteiger partial charge in [-0.2, -0.15) is 0 Å². The second-order valence-corrected chi connectivity index (χ2v) is 18.8. The molecular weight excluding hydrogens is 829 g/mol. The lowest BCUT2D eigenvalue weighted by atomic mass is 10.0. The molecule has 0 rings (SSSR count). The maximum Gasteiger partial charge on any atom is 0.306 e. The van der Waals surface area contributed by atoms with Gasteiger partial charge in [0.1, 0.15) is 13.2 Å². The SMILES string of the molecule is CC/C=C\C/C=C\C/C=C\C/C=C\CCCCCCCCC(=O)OCC(COC(=O)CC/C=C\C/C=C\CCCCCCCC)OC(=O)CCCCCCCCCCCCCCCCCCC. The Kier molecular flexibility index (Phi) is 52.8. The fraction of sp³-hybridized carbons (Fsp3) is 0.754. The molecule has 0 aliphatic rings. The van der Waals surface area contributed by atoms with Crippen molar-refractivity contribution < 1.29 is 28.6 Å². The van der Waals surface area contributed by atoms with Gasteiger partial charge in [-0.3, -0.25) is 14.4 Å². The monoisotopic (exact) mass is 935 g/mol. The van der Waals surface area contributed by atoms with E-state index in [9.17, 15) is 14.4 Å². The Morgan fingerprint density at radius 3 is 1.00 bits per heavy atom. The summed E-state index contributed by atoms with van der Waals surface area (Å²) in [5.41, 5.74) is 0. The number of carbonyl (C=O) groups is 3. The van der Waals surface area contributed by atoms with Crippen molar-refractivity contribution in [1.82, 2.24) is 0 Å². The molecule has 0 aromatic heterocycles. The Balaban J connectivity index is 4.42. The zero-order valence-electron chi connectivity index (χ0n) is 44.2. The summed E-state index contributed by atoms with van der Waals surface area (Å²) in [7, 11) is 0. The molecule has 1 atom stereocenters. The molecule has 0 aromatic carbocycles. The number of ether oxygens (including phenoxy) is 3. The Hall–Kier alpha value is -3.15. The molecule has 6 heteroatoms. The molecule has 0 aromatic rings. The standard InChI is InChI=1S/C61H106O6/c1-4-7-10-13-16-19-22-25-27-29-30-32-33-36-39-42-45-48-51-54-60(63)66-57-58(56-65-59(62)53-50-47-44-41-38-35-24-21-18-15-12-9-6-3)67-61(64)55-52-49-46-43-40-37-34-31-28-26-23-20-17-14-11-8-5-2/h7,10,16,19,25,27,30,32,35,38,44,47,58H,4-6,8-9,11-15,17-18,20-24,26,28-29,31,33-34,36-37,39-43,45-46,48-57H2,1-3H3/b10-7-,19-16-,27-25-,32-30-,38-35-,47-44-. The van der Waals surface area contributed by atoms with Crippen molar-refractivity contribution in [3.8, 4) is 0 Å². The summed E-state index contributed by atoms with van der Waals surface area (Å²) in [6.07, 6.45) is 70.5. The summed E-state index contributed by atoms with van der Waals surface area (Å²) in [6, 6.07) is 0. The number of unbranched alkanes of at least 4 members (excludes halogenated alkanes) is 28. The molecule has 386 valence electrons. The van der Waals surface area contributed by atoms with E-state index in [1.807, 2.05) is 6.08 Å². The van der Waals surface area contributed by atoms with Gasteiger partial charge in [0, 0.05) is 19.3 Å². The maximum atomic E-state index is 12.8. The van der Waals surface area contributed by atoms with Gasteiger partial charge in [0.05, 0.1) is 0 Å². The van der Waals surface area contributed by atoms with Gasteiger partial charge in [0.15, 0.2) is 6.10 Å². The van der Waals surface area contributed by atoms with Crippen LogP contribution in [-0.2, 0) is 28.6 Å². The van der Waals surface area contributed by atoms with Gasteiger partial charge >= 0.3 is 17.9 Å². The minimum Gasteiger partial charge on any atom is -0.462 e. The average molecular weight is 936 g/mol. The Morgan fingerprint density at radius 1 is 0.313 bits per heavy atom. The lowest BCUT2D eigenvalue weighted by molar-refractivity contribution is -0.166.